The average molecular weight is 277 g/mol. The molecular formula is C15H23N3S. The molecule has 4 heteroatoms. The second-order valence-corrected chi connectivity index (χ2v) is 7.16. The lowest BCUT2D eigenvalue weighted by atomic mass is 9.96. The fourth-order valence-electron chi connectivity index (χ4n) is 3.30. The molecule has 19 heavy (non-hydrogen) atoms. The third-order valence-electron chi connectivity index (χ3n) is 4.25. The van der Waals surface area contributed by atoms with Gasteiger partial charge < -0.3 is 5.32 Å². The predicted octanol–water partition coefficient (Wildman–Crippen LogP) is 3.44. The van der Waals surface area contributed by atoms with Crippen molar-refractivity contribution >= 4 is 17.6 Å². The van der Waals surface area contributed by atoms with Gasteiger partial charge in [-0.25, -0.2) is 9.97 Å². The summed E-state index contributed by atoms with van der Waals surface area (Å²) in [5.74, 6) is 2.36. The first-order valence-electron chi connectivity index (χ1n) is 7.57. The van der Waals surface area contributed by atoms with Crippen LogP contribution in [0.25, 0.3) is 0 Å². The van der Waals surface area contributed by atoms with Crippen LogP contribution in [-0.2, 0) is 12.8 Å². The van der Waals surface area contributed by atoms with Gasteiger partial charge in [0.1, 0.15) is 12.1 Å². The quantitative estimate of drug-likeness (QED) is 0.915. The van der Waals surface area contributed by atoms with Gasteiger partial charge in [0.2, 0.25) is 0 Å². The Hall–Kier alpha value is -0.770. The highest BCUT2D eigenvalue weighted by Crippen LogP contribution is 2.32. The number of nitrogens with zero attached hydrogens (tertiary/aromatic N) is 2. The van der Waals surface area contributed by atoms with Crippen LogP contribution in [0, 0.1) is 0 Å². The molecule has 1 saturated carbocycles. The van der Waals surface area contributed by atoms with Crippen LogP contribution in [0.1, 0.15) is 50.3 Å². The normalized spacial score (nSPS) is 26.2. The van der Waals surface area contributed by atoms with Gasteiger partial charge in [-0.2, -0.15) is 11.8 Å². The summed E-state index contributed by atoms with van der Waals surface area (Å²) >= 11 is 2.11. The van der Waals surface area contributed by atoms with Crippen molar-refractivity contribution < 1.29 is 0 Å². The number of aryl methyl sites for hydroxylation is 1. The summed E-state index contributed by atoms with van der Waals surface area (Å²) in [5.41, 5.74) is 2.67. The van der Waals surface area contributed by atoms with Gasteiger partial charge in [-0.3, -0.25) is 0 Å². The third-order valence-corrected chi connectivity index (χ3v) is 5.49. The van der Waals surface area contributed by atoms with E-state index < -0.39 is 0 Å². The van der Waals surface area contributed by atoms with Gasteiger partial charge in [-0.1, -0.05) is 6.92 Å². The summed E-state index contributed by atoms with van der Waals surface area (Å²) < 4.78 is 0. The summed E-state index contributed by atoms with van der Waals surface area (Å²) in [6, 6.07) is 0.616. The van der Waals surface area contributed by atoms with E-state index in [4.69, 9.17) is 0 Å². The Morgan fingerprint density at radius 3 is 3.05 bits per heavy atom. The van der Waals surface area contributed by atoms with E-state index in [0.29, 0.717) is 6.04 Å². The molecule has 2 unspecified atom stereocenters. The molecule has 1 heterocycles. The van der Waals surface area contributed by atoms with E-state index in [1.54, 1.807) is 6.33 Å². The number of thioether (sulfide) groups is 1. The minimum atomic E-state index is 0.616. The minimum absolute atomic E-state index is 0.616. The highest BCUT2D eigenvalue weighted by molar-refractivity contribution is 7.99. The van der Waals surface area contributed by atoms with Crippen molar-refractivity contribution in [3.63, 3.8) is 0 Å². The van der Waals surface area contributed by atoms with Gasteiger partial charge in [0.15, 0.2) is 0 Å². The van der Waals surface area contributed by atoms with Crippen LogP contribution in [-0.4, -0.2) is 27.0 Å². The summed E-state index contributed by atoms with van der Waals surface area (Å²) in [5, 5.41) is 4.54. The van der Waals surface area contributed by atoms with Crippen LogP contribution < -0.4 is 5.32 Å². The van der Waals surface area contributed by atoms with Gasteiger partial charge in [-0.05, 0) is 50.7 Å². The Morgan fingerprint density at radius 2 is 2.16 bits per heavy atom. The monoisotopic (exact) mass is 277 g/mol. The Balaban J connectivity index is 1.67. The summed E-state index contributed by atoms with van der Waals surface area (Å²) in [4.78, 5) is 8.94. The largest absolute Gasteiger partial charge is 0.367 e. The first-order valence-corrected chi connectivity index (χ1v) is 8.62. The van der Waals surface area contributed by atoms with Crippen molar-refractivity contribution in [2.45, 2.75) is 63.2 Å². The average Bonchev–Trinajstić information content (AvgIpc) is 2.87. The molecule has 3 rings (SSSR count). The lowest BCUT2D eigenvalue weighted by molar-refractivity contribution is 0.658. The van der Waals surface area contributed by atoms with Crippen LogP contribution in [0.3, 0.4) is 0 Å². The highest BCUT2D eigenvalue weighted by atomic mass is 32.2. The number of anilines is 1. The zero-order chi connectivity index (χ0) is 13.1. The maximum absolute atomic E-state index is 4.50. The molecule has 2 atom stereocenters. The first-order chi connectivity index (χ1) is 9.36. The van der Waals surface area contributed by atoms with Crippen molar-refractivity contribution in [3.8, 4) is 0 Å². The topological polar surface area (TPSA) is 37.8 Å². The second-order valence-electron chi connectivity index (χ2n) is 5.59. The van der Waals surface area contributed by atoms with Crippen LogP contribution in [0.2, 0.25) is 0 Å². The summed E-state index contributed by atoms with van der Waals surface area (Å²) in [6.45, 7) is 2.26. The van der Waals surface area contributed by atoms with Crippen LogP contribution in [0.5, 0.6) is 0 Å². The fourth-order valence-corrected chi connectivity index (χ4v) is 4.44. The number of aromatic nitrogens is 2. The van der Waals surface area contributed by atoms with Crippen molar-refractivity contribution in [1.29, 1.82) is 0 Å². The van der Waals surface area contributed by atoms with Crippen molar-refractivity contribution in [2.75, 3.05) is 11.1 Å². The molecule has 1 N–H and O–H groups in total. The van der Waals surface area contributed by atoms with E-state index in [1.807, 2.05) is 0 Å². The van der Waals surface area contributed by atoms with Gasteiger partial charge in [-0.15, -0.1) is 0 Å². The third kappa shape index (κ3) is 3.04. The molecule has 1 fully saturated rings. The maximum Gasteiger partial charge on any atom is 0.133 e. The Morgan fingerprint density at radius 1 is 1.26 bits per heavy atom. The zero-order valence-corrected chi connectivity index (χ0v) is 12.5. The number of rotatable bonds is 4. The molecule has 0 aliphatic heterocycles. The fraction of sp³-hybridized carbons (Fsp3) is 0.733. The van der Waals surface area contributed by atoms with E-state index in [0.717, 1.165) is 23.9 Å². The second kappa shape index (κ2) is 6.12. The maximum atomic E-state index is 4.50. The Kier molecular flexibility index (Phi) is 4.26. The van der Waals surface area contributed by atoms with E-state index in [9.17, 15) is 0 Å². The lowest BCUT2D eigenvalue weighted by Gasteiger charge is -2.20. The minimum Gasteiger partial charge on any atom is -0.367 e. The van der Waals surface area contributed by atoms with Gasteiger partial charge in [0.05, 0.1) is 0 Å². The van der Waals surface area contributed by atoms with Crippen LogP contribution in [0.4, 0.5) is 5.82 Å². The molecule has 0 spiro atoms. The molecule has 0 aromatic carbocycles. The smallest absolute Gasteiger partial charge is 0.133 e. The Labute approximate surface area is 120 Å². The van der Waals surface area contributed by atoms with Crippen molar-refractivity contribution in [3.05, 3.63) is 17.6 Å². The van der Waals surface area contributed by atoms with Crippen LogP contribution >= 0.6 is 11.8 Å². The number of hydrogen-bond donors (Lipinski definition) is 1. The highest BCUT2D eigenvalue weighted by Gasteiger charge is 2.26. The molecule has 0 radical (unpaired) electrons. The van der Waals surface area contributed by atoms with E-state index in [2.05, 4.69) is 34.0 Å². The summed E-state index contributed by atoms with van der Waals surface area (Å²) in [6.07, 6.45) is 10.5. The van der Waals surface area contributed by atoms with Crippen molar-refractivity contribution in [1.82, 2.24) is 9.97 Å². The molecule has 104 valence electrons. The zero-order valence-electron chi connectivity index (χ0n) is 11.7. The van der Waals surface area contributed by atoms with Crippen LogP contribution in [0.15, 0.2) is 6.33 Å². The van der Waals surface area contributed by atoms with E-state index in [1.165, 1.54) is 49.1 Å². The first kappa shape index (κ1) is 13.2. The lowest BCUT2D eigenvalue weighted by Crippen LogP contribution is -2.20. The van der Waals surface area contributed by atoms with Gasteiger partial charge in [0, 0.05) is 22.5 Å². The number of nitrogens with one attached hydrogen (secondary N) is 1. The SMILES string of the molecule is CCSC1CCC(Nc2ncnc3c2CCCC3)C1. The van der Waals surface area contributed by atoms with Gasteiger partial charge in [0.25, 0.3) is 0 Å². The molecule has 1 aromatic rings. The number of hydrogen-bond acceptors (Lipinski definition) is 4. The molecule has 3 nitrogen and oxygen atoms in total. The molecule has 0 amide bonds. The van der Waals surface area contributed by atoms with Crippen molar-refractivity contribution in [2.24, 2.45) is 0 Å². The molecule has 2 aliphatic rings. The van der Waals surface area contributed by atoms with Gasteiger partial charge >= 0.3 is 0 Å². The number of fused-ring (bicyclic) bond motifs is 1. The predicted molar refractivity (Wildman–Crippen MR) is 81.9 cm³/mol. The summed E-state index contributed by atoms with van der Waals surface area (Å²) in [7, 11) is 0. The molecule has 2 aliphatic carbocycles. The molecule has 1 aromatic heterocycles. The van der Waals surface area contributed by atoms with E-state index >= 15 is 0 Å². The molecule has 0 bridgehead atoms. The standard InChI is InChI=1S/C15H23N3S/c1-2-19-12-8-7-11(9-12)18-15-13-5-3-4-6-14(13)16-10-17-15/h10-12H,2-9H2,1H3,(H,16,17,18). The molecular weight excluding hydrogens is 254 g/mol. The molecule has 0 saturated heterocycles. The Bertz CT molecular complexity index is 435. The van der Waals surface area contributed by atoms with E-state index in [-0.39, 0.29) is 0 Å².